The number of carboxylic acid groups (broad SMARTS) is 1. The number of primary amides is 2. The number of urea groups is 1. The monoisotopic (exact) mass is 188 g/mol. The molecular formula is C3H6Cl2N2O3. The topological polar surface area (TPSA) is 106 Å². The number of halogens is 2. The second-order valence-corrected chi connectivity index (χ2v) is 2.14. The number of hydrogen-bond acceptors (Lipinski definition) is 2. The van der Waals surface area contributed by atoms with Gasteiger partial charge in [-0.15, -0.1) is 0 Å². The molecule has 0 rings (SSSR count). The second kappa shape index (κ2) is 6.44. The highest BCUT2D eigenvalue weighted by Gasteiger charge is 2.05. The van der Waals surface area contributed by atoms with E-state index in [-0.39, 0.29) is 0 Å². The quantitative estimate of drug-likeness (QED) is 0.501. The van der Waals surface area contributed by atoms with Crippen LogP contribution in [0.15, 0.2) is 0 Å². The van der Waals surface area contributed by atoms with Crippen LogP contribution in [0.1, 0.15) is 0 Å². The van der Waals surface area contributed by atoms with Crippen molar-refractivity contribution in [3.63, 3.8) is 0 Å². The summed E-state index contributed by atoms with van der Waals surface area (Å²) in [5.74, 6) is -1.21. The molecule has 0 fully saturated rings. The summed E-state index contributed by atoms with van der Waals surface area (Å²) in [4.78, 5) is 17.1. The Hall–Kier alpha value is -0.680. The Labute approximate surface area is 66.9 Å². The first-order valence-corrected chi connectivity index (χ1v) is 2.81. The van der Waals surface area contributed by atoms with Gasteiger partial charge in [0.15, 0.2) is 0 Å². The van der Waals surface area contributed by atoms with Gasteiger partial charge >= 0.3 is 12.0 Å². The summed E-state index contributed by atoms with van der Waals surface area (Å²) in [6.07, 6.45) is 0. The van der Waals surface area contributed by atoms with E-state index >= 15 is 0 Å². The number of alkyl halides is 2. The van der Waals surface area contributed by atoms with Crippen molar-refractivity contribution in [1.29, 1.82) is 0 Å². The number of hydrogen-bond donors (Lipinski definition) is 3. The van der Waals surface area contributed by atoms with E-state index in [1.54, 1.807) is 0 Å². The molecule has 0 aromatic rings. The number of nitrogens with two attached hydrogens (primary N) is 2. The minimum absolute atomic E-state index is 0.833. The third-order valence-corrected chi connectivity index (χ3v) is 0.560. The van der Waals surface area contributed by atoms with Gasteiger partial charge in [0.2, 0.25) is 4.84 Å². The lowest BCUT2D eigenvalue weighted by Gasteiger charge is -1.84. The van der Waals surface area contributed by atoms with Crippen molar-refractivity contribution in [2.75, 3.05) is 0 Å². The van der Waals surface area contributed by atoms with Crippen molar-refractivity contribution in [1.82, 2.24) is 0 Å². The number of carboxylic acids is 1. The molecule has 5 nitrogen and oxygen atoms in total. The molecule has 0 aliphatic rings. The first-order valence-electron chi connectivity index (χ1n) is 1.93. The third-order valence-electron chi connectivity index (χ3n) is 0.187. The molecule has 0 bridgehead atoms. The van der Waals surface area contributed by atoms with E-state index in [4.69, 9.17) is 33.1 Å². The van der Waals surface area contributed by atoms with E-state index in [0.717, 1.165) is 0 Å². The van der Waals surface area contributed by atoms with Crippen molar-refractivity contribution in [3.8, 4) is 0 Å². The average molecular weight is 189 g/mol. The molecule has 0 aromatic heterocycles. The standard InChI is InChI=1S/C2H2Cl2O2.CH4N2O/c3-1(4)2(5)6;2-1(3)4/h1H,(H,5,6);(H4,2,3,4). The lowest BCUT2D eigenvalue weighted by molar-refractivity contribution is -0.135. The van der Waals surface area contributed by atoms with Gasteiger partial charge < -0.3 is 16.6 Å². The molecule has 0 saturated heterocycles. The molecule has 10 heavy (non-hydrogen) atoms. The van der Waals surface area contributed by atoms with Crippen LogP contribution in [0.3, 0.4) is 0 Å². The smallest absolute Gasteiger partial charge is 0.337 e. The second-order valence-electron chi connectivity index (χ2n) is 1.04. The van der Waals surface area contributed by atoms with Gasteiger partial charge in [0.25, 0.3) is 0 Å². The molecule has 0 atom stereocenters. The van der Waals surface area contributed by atoms with Gasteiger partial charge in [-0.2, -0.15) is 0 Å². The molecule has 60 valence electrons. The number of rotatable bonds is 1. The summed E-state index contributed by atoms with van der Waals surface area (Å²) in [6.45, 7) is 0. The average Bonchev–Trinajstić information content (AvgIpc) is 1.63. The van der Waals surface area contributed by atoms with Crippen LogP contribution in [-0.4, -0.2) is 21.9 Å². The van der Waals surface area contributed by atoms with Gasteiger partial charge in [0.1, 0.15) is 0 Å². The van der Waals surface area contributed by atoms with E-state index in [2.05, 4.69) is 11.5 Å². The summed E-state index contributed by atoms with van der Waals surface area (Å²) in [6, 6.07) is -0.833. The number of carbonyl (C=O) groups is 2. The maximum absolute atomic E-state index is 9.44. The van der Waals surface area contributed by atoms with E-state index < -0.39 is 16.8 Å². The SMILES string of the molecule is NC(N)=O.O=C(O)C(Cl)Cl. The molecule has 0 saturated carbocycles. The van der Waals surface area contributed by atoms with Crippen molar-refractivity contribution < 1.29 is 14.7 Å². The molecule has 0 aromatic carbocycles. The summed E-state index contributed by atoms with van der Waals surface area (Å²) in [7, 11) is 0. The van der Waals surface area contributed by atoms with Crippen molar-refractivity contribution in [2.45, 2.75) is 4.84 Å². The molecule has 0 radical (unpaired) electrons. The first-order chi connectivity index (χ1) is 4.37. The van der Waals surface area contributed by atoms with E-state index in [9.17, 15) is 4.79 Å². The first kappa shape index (κ1) is 12.0. The third kappa shape index (κ3) is 26.5. The summed E-state index contributed by atoms with van der Waals surface area (Å²) >= 11 is 9.56. The highest BCUT2D eigenvalue weighted by atomic mass is 35.5. The van der Waals surface area contributed by atoms with Gasteiger partial charge in [-0.3, -0.25) is 0 Å². The van der Waals surface area contributed by atoms with Gasteiger partial charge in [-0.1, -0.05) is 23.2 Å². The van der Waals surface area contributed by atoms with Crippen molar-refractivity contribution >= 4 is 35.2 Å². The lowest BCUT2D eigenvalue weighted by atomic mass is 10.8. The predicted molar refractivity (Wildman–Crippen MR) is 36.9 cm³/mol. The minimum atomic E-state index is -1.29. The van der Waals surface area contributed by atoms with Crippen LogP contribution in [0, 0.1) is 0 Å². The fraction of sp³-hybridized carbons (Fsp3) is 0.333. The van der Waals surface area contributed by atoms with Crippen LogP contribution in [-0.2, 0) is 4.79 Å². The van der Waals surface area contributed by atoms with Gasteiger partial charge in [0, 0.05) is 0 Å². The van der Waals surface area contributed by atoms with Crippen molar-refractivity contribution in [2.24, 2.45) is 11.5 Å². The highest BCUT2D eigenvalue weighted by molar-refractivity contribution is 6.52. The number of amides is 2. The summed E-state index contributed by atoms with van der Waals surface area (Å²) < 4.78 is 0. The molecule has 0 heterocycles. The zero-order chi connectivity index (χ0) is 8.73. The predicted octanol–water partition coefficient (Wildman–Crippen LogP) is -0.101. The highest BCUT2D eigenvalue weighted by Crippen LogP contribution is 1.98. The Morgan fingerprint density at radius 2 is 1.40 bits per heavy atom. The van der Waals surface area contributed by atoms with Crippen LogP contribution in [0.25, 0.3) is 0 Å². The maximum Gasteiger partial charge on any atom is 0.337 e. The Balaban J connectivity index is 0. The lowest BCUT2D eigenvalue weighted by Crippen LogP contribution is -2.18. The van der Waals surface area contributed by atoms with Crippen LogP contribution in [0.2, 0.25) is 0 Å². The van der Waals surface area contributed by atoms with Crippen LogP contribution in [0.5, 0.6) is 0 Å². The molecule has 2 amide bonds. The fourth-order valence-electron chi connectivity index (χ4n) is 0. The van der Waals surface area contributed by atoms with Crippen LogP contribution >= 0.6 is 23.2 Å². The maximum atomic E-state index is 9.44. The molecule has 0 aliphatic carbocycles. The fourth-order valence-corrected chi connectivity index (χ4v) is 0. The van der Waals surface area contributed by atoms with E-state index in [0.29, 0.717) is 0 Å². The van der Waals surface area contributed by atoms with Gasteiger partial charge in [0.05, 0.1) is 0 Å². The Kier molecular flexibility index (Phi) is 7.75. The van der Waals surface area contributed by atoms with E-state index in [1.165, 1.54) is 0 Å². The molecule has 0 spiro atoms. The van der Waals surface area contributed by atoms with Crippen LogP contribution < -0.4 is 11.5 Å². The summed E-state index contributed by atoms with van der Waals surface area (Å²) in [5.41, 5.74) is 8.50. The number of carbonyl (C=O) groups excluding carboxylic acids is 1. The molecule has 7 heteroatoms. The van der Waals surface area contributed by atoms with E-state index in [1.807, 2.05) is 0 Å². The Morgan fingerprint density at radius 1 is 1.30 bits per heavy atom. The largest absolute Gasteiger partial charge is 0.479 e. The molecule has 5 N–H and O–H groups in total. The Morgan fingerprint density at radius 3 is 1.40 bits per heavy atom. The Bertz CT molecular complexity index is 123. The zero-order valence-corrected chi connectivity index (χ0v) is 6.26. The number of aliphatic carboxylic acids is 1. The normalized spacial score (nSPS) is 7.90. The molecular weight excluding hydrogens is 183 g/mol. The van der Waals surface area contributed by atoms with Gasteiger partial charge in [-0.05, 0) is 0 Å². The van der Waals surface area contributed by atoms with Gasteiger partial charge in [-0.25, -0.2) is 9.59 Å². The molecule has 0 unspecified atom stereocenters. The molecule has 0 aliphatic heterocycles. The van der Waals surface area contributed by atoms with Crippen LogP contribution in [0.4, 0.5) is 4.79 Å². The zero-order valence-electron chi connectivity index (χ0n) is 4.75. The minimum Gasteiger partial charge on any atom is -0.479 e. The summed E-state index contributed by atoms with van der Waals surface area (Å²) in [5, 5.41) is 7.73. The van der Waals surface area contributed by atoms with Crippen molar-refractivity contribution in [3.05, 3.63) is 0 Å².